The minimum Gasteiger partial charge on any atom is -0.465 e. The Bertz CT molecular complexity index is 975. The van der Waals surface area contributed by atoms with Crippen molar-refractivity contribution in [1.29, 1.82) is 0 Å². The Kier molecular flexibility index (Phi) is 7.08. The second-order valence-corrected chi connectivity index (χ2v) is 7.20. The molecule has 0 fully saturated rings. The first-order chi connectivity index (χ1) is 14.5. The third-order valence-electron chi connectivity index (χ3n) is 4.20. The first kappa shape index (κ1) is 21.4. The fourth-order valence-corrected chi connectivity index (χ4v) is 3.52. The largest absolute Gasteiger partial charge is 0.465 e. The molecular weight excluding hydrogens is 406 g/mol. The highest BCUT2D eigenvalue weighted by molar-refractivity contribution is 8.14. The molecule has 3 rings (SSSR count). The van der Waals surface area contributed by atoms with E-state index >= 15 is 0 Å². The van der Waals surface area contributed by atoms with Gasteiger partial charge < -0.3 is 9.47 Å². The van der Waals surface area contributed by atoms with Crippen LogP contribution >= 0.6 is 11.8 Å². The molecule has 2 amide bonds. The van der Waals surface area contributed by atoms with Crippen LogP contribution in [0.5, 0.6) is 0 Å². The fraction of sp³-hybridized carbons (Fsp3) is 0.238. The van der Waals surface area contributed by atoms with Gasteiger partial charge in [0, 0.05) is 11.4 Å². The van der Waals surface area contributed by atoms with Crippen molar-refractivity contribution >= 4 is 40.5 Å². The van der Waals surface area contributed by atoms with Gasteiger partial charge in [0.2, 0.25) is 0 Å². The second kappa shape index (κ2) is 9.93. The number of nitrogens with zero attached hydrogens (tertiary/aromatic N) is 2. The van der Waals surface area contributed by atoms with E-state index in [1.165, 1.54) is 12.1 Å². The maximum atomic E-state index is 12.3. The van der Waals surface area contributed by atoms with Crippen molar-refractivity contribution in [2.75, 3.05) is 24.8 Å². The van der Waals surface area contributed by atoms with E-state index in [-0.39, 0.29) is 18.4 Å². The lowest BCUT2D eigenvalue weighted by Gasteiger charge is -2.23. The van der Waals surface area contributed by atoms with Crippen LogP contribution in [0.25, 0.3) is 0 Å². The molecule has 0 saturated heterocycles. The lowest BCUT2D eigenvalue weighted by atomic mass is 10.1. The summed E-state index contributed by atoms with van der Waals surface area (Å²) in [4.78, 5) is 35.5. The number of ether oxygens (including phenoxy) is 2. The molecule has 0 aliphatic carbocycles. The quantitative estimate of drug-likeness (QED) is 0.697. The first-order valence-corrected chi connectivity index (χ1v) is 10.2. The normalized spacial score (nSPS) is 13.5. The molecule has 0 radical (unpaired) electrons. The van der Waals surface area contributed by atoms with E-state index in [0.29, 0.717) is 17.0 Å². The summed E-state index contributed by atoms with van der Waals surface area (Å²) in [6.07, 6.45) is -0.532. The van der Waals surface area contributed by atoms with E-state index in [0.717, 1.165) is 28.6 Å². The minimum atomic E-state index is -0.532. The Morgan fingerprint density at radius 2 is 1.97 bits per heavy atom. The molecule has 1 heterocycles. The van der Waals surface area contributed by atoms with Crippen LogP contribution in [-0.4, -0.2) is 47.5 Å². The first-order valence-electron chi connectivity index (χ1n) is 9.23. The predicted molar refractivity (Wildman–Crippen MR) is 115 cm³/mol. The molecule has 1 aliphatic heterocycles. The van der Waals surface area contributed by atoms with Crippen molar-refractivity contribution in [2.45, 2.75) is 13.5 Å². The number of rotatable bonds is 6. The van der Waals surface area contributed by atoms with Gasteiger partial charge in [-0.3, -0.25) is 10.1 Å². The molecule has 2 aromatic rings. The van der Waals surface area contributed by atoms with E-state index in [9.17, 15) is 14.4 Å². The molecule has 0 unspecified atom stereocenters. The zero-order valence-corrected chi connectivity index (χ0v) is 17.4. The van der Waals surface area contributed by atoms with Crippen molar-refractivity contribution in [3.8, 4) is 0 Å². The van der Waals surface area contributed by atoms with Crippen LogP contribution in [0.4, 0.5) is 15.3 Å². The zero-order valence-electron chi connectivity index (χ0n) is 16.6. The molecule has 0 spiro atoms. The number of esters is 1. The smallest absolute Gasteiger partial charge is 0.411 e. The van der Waals surface area contributed by atoms with Crippen LogP contribution in [0.1, 0.15) is 28.4 Å². The topological polar surface area (TPSA) is 97.3 Å². The Morgan fingerprint density at radius 1 is 1.20 bits per heavy atom. The van der Waals surface area contributed by atoms with Gasteiger partial charge in [-0.15, -0.1) is 0 Å². The SMILES string of the molecule is CCOC(=O)Nc1cccc(CN2N=C(c3ccc(C(=O)OC)cc3)CSC2=O)c1. The summed E-state index contributed by atoms with van der Waals surface area (Å²) >= 11 is 1.16. The Morgan fingerprint density at radius 3 is 2.67 bits per heavy atom. The summed E-state index contributed by atoms with van der Waals surface area (Å²) in [5, 5.41) is 8.37. The van der Waals surface area contributed by atoms with Crippen LogP contribution < -0.4 is 5.32 Å². The molecule has 0 bridgehead atoms. The third-order valence-corrected chi connectivity index (χ3v) is 5.08. The molecule has 2 aromatic carbocycles. The molecule has 1 aliphatic rings. The third kappa shape index (κ3) is 5.38. The second-order valence-electron chi connectivity index (χ2n) is 6.27. The van der Waals surface area contributed by atoms with Gasteiger partial charge in [0.05, 0.1) is 31.5 Å². The van der Waals surface area contributed by atoms with Crippen molar-refractivity contribution < 1.29 is 23.9 Å². The van der Waals surface area contributed by atoms with Gasteiger partial charge in [0.15, 0.2) is 0 Å². The highest BCUT2D eigenvalue weighted by Gasteiger charge is 2.22. The van der Waals surface area contributed by atoms with Gasteiger partial charge in [-0.1, -0.05) is 36.0 Å². The van der Waals surface area contributed by atoms with Crippen molar-refractivity contribution in [2.24, 2.45) is 5.10 Å². The van der Waals surface area contributed by atoms with Crippen LogP contribution in [0.15, 0.2) is 53.6 Å². The number of hydrogen-bond donors (Lipinski definition) is 1. The number of hydrazone groups is 1. The molecule has 1 N–H and O–H groups in total. The van der Waals surface area contributed by atoms with Gasteiger partial charge in [-0.05, 0) is 42.3 Å². The van der Waals surface area contributed by atoms with Gasteiger partial charge in [-0.25, -0.2) is 14.6 Å². The van der Waals surface area contributed by atoms with Gasteiger partial charge in [-0.2, -0.15) is 5.10 Å². The summed E-state index contributed by atoms with van der Waals surface area (Å²) in [5.41, 5.74) is 3.39. The summed E-state index contributed by atoms with van der Waals surface area (Å²) in [6, 6.07) is 14.0. The molecule has 0 aromatic heterocycles. The van der Waals surface area contributed by atoms with E-state index in [1.807, 2.05) is 6.07 Å². The summed E-state index contributed by atoms with van der Waals surface area (Å²) in [7, 11) is 1.33. The van der Waals surface area contributed by atoms with Crippen molar-refractivity contribution in [3.05, 3.63) is 65.2 Å². The maximum Gasteiger partial charge on any atom is 0.411 e. The molecule has 30 heavy (non-hydrogen) atoms. The average molecular weight is 427 g/mol. The van der Waals surface area contributed by atoms with Crippen molar-refractivity contribution in [1.82, 2.24) is 5.01 Å². The minimum absolute atomic E-state index is 0.159. The number of methoxy groups -OCH3 is 1. The Balaban J connectivity index is 1.75. The Labute approximate surface area is 178 Å². The molecule has 0 atom stereocenters. The van der Waals surface area contributed by atoms with Gasteiger partial charge in [0.25, 0.3) is 0 Å². The number of anilines is 1. The van der Waals surface area contributed by atoms with Gasteiger partial charge in [0.1, 0.15) is 0 Å². The maximum absolute atomic E-state index is 12.3. The van der Waals surface area contributed by atoms with Crippen LogP contribution in [0.3, 0.4) is 0 Å². The van der Waals surface area contributed by atoms with E-state index in [2.05, 4.69) is 10.4 Å². The van der Waals surface area contributed by atoms with E-state index in [1.54, 1.807) is 49.4 Å². The average Bonchev–Trinajstić information content (AvgIpc) is 2.75. The highest BCUT2D eigenvalue weighted by atomic mass is 32.2. The summed E-state index contributed by atoms with van der Waals surface area (Å²) in [5.74, 6) is 0.0341. The zero-order chi connectivity index (χ0) is 21.5. The number of thioether (sulfide) groups is 1. The van der Waals surface area contributed by atoms with Gasteiger partial charge >= 0.3 is 17.3 Å². The predicted octanol–water partition coefficient (Wildman–Crippen LogP) is 4.11. The number of hydrogen-bond acceptors (Lipinski definition) is 7. The standard InChI is InChI=1S/C21H21N3O5S/c1-3-29-20(26)22-17-6-4-5-14(11-17)12-24-21(27)30-13-18(23-24)15-7-9-16(10-8-15)19(25)28-2/h4-11H,3,12-13H2,1-2H3,(H,22,26). The number of amides is 2. The summed E-state index contributed by atoms with van der Waals surface area (Å²) < 4.78 is 9.58. The number of carbonyl (C=O) groups is 3. The number of nitrogens with one attached hydrogen (secondary N) is 1. The molecule has 0 saturated carbocycles. The monoisotopic (exact) mass is 427 g/mol. The Hall–Kier alpha value is -3.33. The number of benzene rings is 2. The molecule has 156 valence electrons. The summed E-state index contributed by atoms with van der Waals surface area (Å²) in [6.45, 7) is 2.27. The number of carbonyl (C=O) groups excluding carboxylic acids is 3. The molecule has 8 nitrogen and oxygen atoms in total. The highest BCUT2D eigenvalue weighted by Crippen LogP contribution is 2.23. The molecular formula is C21H21N3O5S. The van der Waals surface area contributed by atoms with E-state index < -0.39 is 12.1 Å². The van der Waals surface area contributed by atoms with E-state index in [4.69, 9.17) is 9.47 Å². The fourth-order valence-electron chi connectivity index (χ4n) is 2.78. The van der Waals surface area contributed by atoms with Crippen LogP contribution in [-0.2, 0) is 16.0 Å². The van der Waals surface area contributed by atoms with Crippen LogP contribution in [0, 0.1) is 0 Å². The van der Waals surface area contributed by atoms with Crippen molar-refractivity contribution in [3.63, 3.8) is 0 Å². The van der Waals surface area contributed by atoms with Crippen LogP contribution in [0.2, 0.25) is 0 Å². The lowest BCUT2D eigenvalue weighted by Crippen LogP contribution is -2.29. The lowest BCUT2D eigenvalue weighted by molar-refractivity contribution is 0.0600. The molecule has 9 heteroatoms.